The lowest BCUT2D eigenvalue weighted by Gasteiger charge is -2.27. The lowest BCUT2D eigenvalue weighted by molar-refractivity contribution is 0.639. The summed E-state index contributed by atoms with van der Waals surface area (Å²) in [4.78, 5) is 0. The molecular formula is C14H14Cl3NS. The molecule has 0 aliphatic rings. The highest BCUT2D eigenvalue weighted by molar-refractivity contribution is 7.17. The number of hydrogen-bond acceptors (Lipinski definition) is 2. The van der Waals surface area contributed by atoms with Crippen molar-refractivity contribution in [2.24, 2.45) is 0 Å². The molecule has 0 fully saturated rings. The summed E-state index contributed by atoms with van der Waals surface area (Å²) in [7, 11) is 0. The number of likely N-dealkylation sites (N-methyl/N-ethyl adjacent to an activating group) is 1. The van der Waals surface area contributed by atoms with Gasteiger partial charge in [-0.25, -0.2) is 0 Å². The SMILES string of the molecule is C=C(c1ccc2ccsc2c1)C(NCC)C(Cl)(Cl)Cl. The summed E-state index contributed by atoms with van der Waals surface area (Å²) in [6.45, 7) is 6.77. The fraction of sp³-hybridized carbons (Fsp3) is 0.286. The molecular weight excluding hydrogens is 321 g/mol. The first-order valence-corrected chi connectivity index (χ1v) is 7.91. The lowest BCUT2D eigenvalue weighted by Crippen LogP contribution is -2.40. The van der Waals surface area contributed by atoms with Gasteiger partial charge in [0.15, 0.2) is 0 Å². The molecule has 0 bridgehead atoms. The molecule has 1 aromatic carbocycles. The van der Waals surface area contributed by atoms with Gasteiger partial charge >= 0.3 is 0 Å². The molecule has 0 radical (unpaired) electrons. The summed E-state index contributed by atoms with van der Waals surface area (Å²) < 4.78 is -0.212. The Bertz CT molecular complexity index is 586. The monoisotopic (exact) mass is 333 g/mol. The van der Waals surface area contributed by atoms with Crippen molar-refractivity contribution < 1.29 is 0 Å². The summed E-state index contributed by atoms with van der Waals surface area (Å²) in [6, 6.07) is 7.85. The molecule has 2 aromatic rings. The van der Waals surface area contributed by atoms with E-state index in [-0.39, 0.29) is 0 Å². The van der Waals surface area contributed by atoms with E-state index >= 15 is 0 Å². The molecule has 0 saturated carbocycles. The largest absolute Gasteiger partial charge is 0.307 e. The topological polar surface area (TPSA) is 12.0 Å². The number of benzene rings is 1. The third-order valence-corrected chi connectivity index (χ3v) is 4.45. The molecule has 0 aliphatic carbocycles. The van der Waals surface area contributed by atoms with Crippen LogP contribution in [0.1, 0.15) is 12.5 Å². The highest BCUT2D eigenvalue weighted by Gasteiger charge is 2.34. The van der Waals surface area contributed by atoms with Crippen molar-refractivity contribution in [2.45, 2.75) is 16.8 Å². The smallest absolute Gasteiger partial charge is 0.209 e. The molecule has 0 spiro atoms. The van der Waals surface area contributed by atoms with Crippen LogP contribution in [0, 0.1) is 0 Å². The second-order valence-corrected chi connectivity index (χ2v) is 7.55. The molecule has 0 amide bonds. The van der Waals surface area contributed by atoms with Crippen molar-refractivity contribution in [1.29, 1.82) is 0 Å². The van der Waals surface area contributed by atoms with E-state index in [2.05, 4.69) is 35.5 Å². The van der Waals surface area contributed by atoms with Gasteiger partial charge in [-0.05, 0) is 40.6 Å². The van der Waals surface area contributed by atoms with Crippen LogP contribution in [0.2, 0.25) is 0 Å². The van der Waals surface area contributed by atoms with Gasteiger partial charge in [0, 0.05) is 4.70 Å². The van der Waals surface area contributed by atoms with E-state index < -0.39 is 9.83 Å². The van der Waals surface area contributed by atoms with Gasteiger partial charge in [-0.2, -0.15) is 0 Å². The van der Waals surface area contributed by atoms with Crippen LogP contribution < -0.4 is 5.32 Å². The predicted molar refractivity (Wildman–Crippen MR) is 88.6 cm³/mol. The number of nitrogens with one attached hydrogen (secondary N) is 1. The summed E-state index contributed by atoms with van der Waals surface area (Å²) in [5.41, 5.74) is 1.78. The Labute approximate surface area is 132 Å². The van der Waals surface area contributed by atoms with Crippen molar-refractivity contribution in [3.05, 3.63) is 41.8 Å². The summed E-state index contributed by atoms with van der Waals surface area (Å²) >= 11 is 19.8. The first kappa shape index (κ1) is 15.1. The number of fused-ring (bicyclic) bond motifs is 1. The normalized spacial score (nSPS) is 13.7. The van der Waals surface area contributed by atoms with E-state index in [4.69, 9.17) is 34.8 Å². The van der Waals surface area contributed by atoms with Crippen LogP contribution in [0.3, 0.4) is 0 Å². The van der Waals surface area contributed by atoms with Crippen LogP contribution in [0.15, 0.2) is 36.2 Å². The van der Waals surface area contributed by atoms with Gasteiger partial charge in [0.25, 0.3) is 0 Å². The molecule has 1 atom stereocenters. The third kappa shape index (κ3) is 3.45. The molecule has 19 heavy (non-hydrogen) atoms. The highest BCUT2D eigenvalue weighted by atomic mass is 35.6. The van der Waals surface area contributed by atoms with Crippen molar-refractivity contribution in [2.75, 3.05) is 6.54 Å². The molecule has 5 heteroatoms. The average molecular weight is 335 g/mol. The molecule has 102 valence electrons. The van der Waals surface area contributed by atoms with E-state index in [0.29, 0.717) is 6.54 Å². The minimum atomic E-state index is -1.42. The highest BCUT2D eigenvalue weighted by Crippen LogP contribution is 2.37. The molecule has 2 rings (SSSR count). The Balaban J connectivity index is 2.35. The van der Waals surface area contributed by atoms with Crippen LogP contribution in [-0.2, 0) is 0 Å². The maximum absolute atomic E-state index is 6.03. The van der Waals surface area contributed by atoms with Crippen LogP contribution in [0.4, 0.5) is 0 Å². The fourth-order valence-electron chi connectivity index (χ4n) is 1.96. The maximum Gasteiger partial charge on any atom is 0.209 e. The Morgan fingerprint density at radius 2 is 2.11 bits per heavy atom. The predicted octanol–water partition coefficient (Wildman–Crippen LogP) is 5.26. The van der Waals surface area contributed by atoms with E-state index in [9.17, 15) is 0 Å². The molecule has 0 aliphatic heterocycles. The van der Waals surface area contributed by atoms with E-state index in [1.54, 1.807) is 11.3 Å². The van der Waals surface area contributed by atoms with Crippen molar-refractivity contribution in [3.63, 3.8) is 0 Å². The molecule has 1 heterocycles. The van der Waals surface area contributed by atoms with Crippen LogP contribution in [0.5, 0.6) is 0 Å². The number of hydrogen-bond donors (Lipinski definition) is 1. The van der Waals surface area contributed by atoms with E-state index in [1.165, 1.54) is 10.1 Å². The number of halogens is 3. The third-order valence-electron chi connectivity index (χ3n) is 2.91. The van der Waals surface area contributed by atoms with Gasteiger partial charge in [-0.15, -0.1) is 11.3 Å². The standard InChI is InChI=1S/C14H14Cl3NS/c1-3-18-13(14(15,16)17)9(2)11-5-4-10-6-7-19-12(10)8-11/h4-8,13,18H,2-3H2,1H3. The zero-order chi connectivity index (χ0) is 14.0. The lowest BCUT2D eigenvalue weighted by atomic mass is 10.0. The summed E-state index contributed by atoms with van der Waals surface area (Å²) in [6.07, 6.45) is 0. The van der Waals surface area contributed by atoms with Gasteiger partial charge < -0.3 is 5.32 Å². The van der Waals surface area contributed by atoms with Gasteiger partial charge in [0.2, 0.25) is 3.79 Å². The minimum Gasteiger partial charge on any atom is -0.307 e. The Morgan fingerprint density at radius 1 is 1.37 bits per heavy atom. The number of thiophene rings is 1. The Morgan fingerprint density at radius 3 is 2.74 bits per heavy atom. The van der Waals surface area contributed by atoms with E-state index in [0.717, 1.165) is 11.1 Å². The van der Waals surface area contributed by atoms with Crippen molar-refractivity contribution in [3.8, 4) is 0 Å². The second kappa shape index (κ2) is 6.02. The van der Waals surface area contributed by atoms with Crippen molar-refractivity contribution in [1.82, 2.24) is 5.32 Å². The Hall–Kier alpha value is -0.250. The molecule has 1 N–H and O–H groups in total. The maximum atomic E-state index is 6.03. The average Bonchev–Trinajstić information content (AvgIpc) is 2.80. The van der Waals surface area contributed by atoms with Gasteiger partial charge in [-0.1, -0.05) is 60.4 Å². The molecule has 0 saturated heterocycles. The quantitative estimate of drug-likeness (QED) is 0.752. The van der Waals surface area contributed by atoms with Gasteiger partial charge in [-0.3, -0.25) is 0 Å². The van der Waals surface area contributed by atoms with Crippen LogP contribution >= 0.6 is 46.1 Å². The second-order valence-electron chi connectivity index (χ2n) is 4.23. The zero-order valence-corrected chi connectivity index (χ0v) is 13.5. The van der Waals surface area contributed by atoms with Crippen molar-refractivity contribution >= 4 is 61.8 Å². The van der Waals surface area contributed by atoms with Crippen LogP contribution in [0.25, 0.3) is 15.7 Å². The Kier molecular flexibility index (Phi) is 4.80. The molecule has 1 aromatic heterocycles. The van der Waals surface area contributed by atoms with Crippen LogP contribution in [-0.4, -0.2) is 16.4 Å². The van der Waals surface area contributed by atoms with E-state index in [1.807, 2.05) is 13.0 Å². The first-order chi connectivity index (χ1) is 8.93. The number of alkyl halides is 3. The summed E-state index contributed by atoms with van der Waals surface area (Å²) in [5.74, 6) is 0. The minimum absolute atomic E-state index is 0.403. The zero-order valence-electron chi connectivity index (χ0n) is 10.4. The van der Waals surface area contributed by atoms with Gasteiger partial charge in [0.05, 0.1) is 6.04 Å². The van der Waals surface area contributed by atoms with Gasteiger partial charge in [0.1, 0.15) is 0 Å². The fourth-order valence-corrected chi connectivity index (χ4v) is 3.42. The first-order valence-electron chi connectivity index (χ1n) is 5.90. The number of rotatable bonds is 4. The molecule has 1 unspecified atom stereocenters. The summed E-state index contributed by atoms with van der Waals surface area (Å²) in [5, 5.41) is 6.45. The molecule has 1 nitrogen and oxygen atoms in total.